The van der Waals surface area contributed by atoms with Gasteiger partial charge in [0.25, 0.3) is 0 Å². The average molecular weight is 469 g/mol. The van der Waals surface area contributed by atoms with Crippen molar-refractivity contribution >= 4 is 0 Å². The van der Waals surface area contributed by atoms with Crippen LogP contribution in [-0.4, -0.2) is 0 Å². The molecule has 0 unspecified atom stereocenters. The standard InChI is InChI=1S/C34H41F/c1-3-4-6-11-32-22-23-33(25-34(32)35)31-20-18-28(19-21-31)13-12-27-14-16-29(17-15-27)24-26(2)30-9-7-5-8-10-30/h3-5,7-10,18-23,25-27,29H,6,11-17,24H2,1-2H3/t26-,27?,29?/m0/s1. The van der Waals surface area contributed by atoms with Crippen molar-refractivity contribution in [3.8, 4) is 11.1 Å². The van der Waals surface area contributed by atoms with Gasteiger partial charge >= 0.3 is 0 Å². The Balaban J connectivity index is 1.22. The normalized spacial score (nSPS) is 19.2. The molecule has 1 saturated carbocycles. The molecule has 1 heteroatoms. The lowest BCUT2D eigenvalue weighted by atomic mass is 9.75. The van der Waals surface area contributed by atoms with E-state index >= 15 is 0 Å². The van der Waals surface area contributed by atoms with Crippen molar-refractivity contribution in [2.24, 2.45) is 11.8 Å². The third kappa shape index (κ3) is 7.40. The predicted octanol–water partition coefficient (Wildman–Crippen LogP) is 9.93. The summed E-state index contributed by atoms with van der Waals surface area (Å²) in [6.07, 6.45) is 15.0. The van der Waals surface area contributed by atoms with E-state index in [0.29, 0.717) is 5.92 Å². The molecule has 1 fully saturated rings. The van der Waals surface area contributed by atoms with Gasteiger partial charge in [-0.3, -0.25) is 0 Å². The molecule has 0 spiro atoms. The molecule has 0 amide bonds. The Morgan fingerprint density at radius 2 is 1.51 bits per heavy atom. The maximum absolute atomic E-state index is 14.5. The summed E-state index contributed by atoms with van der Waals surface area (Å²) >= 11 is 0. The number of rotatable bonds is 10. The first-order valence-corrected chi connectivity index (χ1v) is 13.7. The first-order valence-electron chi connectivity index (χ1n) is 13.7. The molecule has 0 aromatic heterocycles. The molecule has 0 aliphatic heterocycles. The molecule has 3 aromatic rings. The van der Waals surface area contributed by atoms with Crippen molar-refractivity contribution in [2.45, 2.75) is 77.6 Å². The topological polar surface area (TPSA) is 0 Å². The molecule has 4 rings (SSSR count). The van der Waals surface area contributed by atoms with Crippen LogP contribution in [0.4, 0.5) is 4.39 Å². The summed E-state index contributed by atoms with van der Waals surface area (Å²) in [5, 5.41) is 0. The Bertz CT molecular complexity index is 1060. The van der Waals surface area contributed by atoms with Crippen LogP contribution in [0.25, 0.3) is 11.1 Å². The smallest absolute Gasteiger partial charge is 0.127 e. The van der Waals surface area contributed by atoms with Gasteiger partial charge in [-0.15, -0.1) is 0 Å². The summed E-state index contributed by atoms with van der Waals surface area (Å²) < 4.78 is 14.5. The van der Waals surface area contributed by atoms with Crippen LogP contribution < -0.4 is 0 Å². The number of hydrogen-bond donors (Lipinski definition) is 0. The average Bonchev–Trinajstić information content (AvgIpc) is 2.90. The molecule has 3 aromatic carbocycles. The summed E-state index contributed by atoms with van der Waals surface area (Å²) in [6, 6.07) is 25.5. The van der Waals surface area contributed by atoms with E-state index < -0.39 is 0 Å². The van der Waals surface area contributed by atoms with Gasteiger partial charge in [0, 0.05) is 0 Å². The van der Waals surface area contributed by atoms with E-state index in [2.05, 4.69) is 73.7 Å². The summed E-state index contributed by atoms with van der Waals surface area (Å²) in [5.74, 6) is 2.32. The molecule has 1 atom stereocenters. The molecule has 1 aliphatic rings. The largest absolute Gasteiger partial charge is 0.207 e. The SMILES string of the molecule is CC=CCCc1ccc(-c2ccc(CCC3CCC(C[C@H](C)c4ccccc4)CC3)cc2)cc1F. The van der Waals surface area contributed by atoms with E-state index in [1.807, 2.05) is 19.1 Å². The summed E-state index contributed by atoms with van der Waals surface area (Å²) in [4.78, 5) is 0. The quantitative estimate of drug-likeness (QED) is 0.260. The minimum Gasteiger partial charge on any atom is -0.207 e. The molecule has 35 heavy (non-hydrogen) atoms. The van der Waals surface area contributed by atoms with Gasteiger partial charge in [0.2, 0.25) is 0 Å². The van der Waals surface area contributed by atoms with Gasteiger partial charge in [-0.05, 0) is 90.7 Å². The third-order valence-electron chi connectivity index (χ3n) is 8.02. The van der Waals surface area contributed by atoms with Gasteiger partial charge in [0.05, 0.1) is 0 Å². The highest BCUT2D eigenvalue weighted by Crippen LogP contribution is 2.37. The molecule has 184 valence electrons. The van der Waals surface area contributed by atoms with Crippen molar-refractivity contribution in [1.29, 1.82) is 0 Å². The van der Waals surface area contributed by atoms with Gasteiger partial charge in [-0.25, -0.2) is 4.39 Å². The minimum absolute atomic E-state index is 0.0927. The molecule has 0 nitrogen and oxygen atoms in total. The fourth-order valence-electron chi connectivity index (χ4n) is 5.74. The lowest BCUT2D eigenvalue weighted by Gasteiger charge is -2.30. The van der Waals surface area contributed by atoms with Crippen LogP contribution in [0.1, 0.15) is 81.4 Å². The molecule has 0 heterocycles. The molecular weight excluding hydrogens is 427 g/mol. The predicted molar refractivity (Wildman–Crippen MR) is 148 cm³/mol. The highest BCUT2D eigenvalue weighted by Gasteiger charge is 2.23. The fraction of sp³-hybridized carbons (Fsp3) is 0.412. The van der Waals surface area contributed by atoms with E-state index in [-0.39, 0.29) is 5.82 Å². The van der Waals surface area contributed by atoms with Crippen LogP contribution in [0.3, 0.4) is 0 Å². The van der Waals surface area contributed by atoms with Crippen molar-refractivity contribution in [3.05, 3.63) is 107 Å². The zero-order chi connectivity index (χ0) is 24.5. The zero-order valence-electron chi connectivity index (χ0n) is 21.6. The van der Waals surface area contributed by atoms with Crippen molar-refractivity contribution in [1.82, 2.24) is 0 Å². The first-order chi connectivity index (χ1) is 17.1. The Morgan fingerprint density at radius 1 is 0.829 bits per heavy atom. The second-order valence-electron chi connectivity index (χ2n) is 10.6. The van der Waals surface area contributed by atoms with E-state index in [1.54, 1.807) is 6.07 Å². The van der Waals surface area contributed by atoms with Crippen LogP contribution in [0.5, 0.6) is 0 Å². The molecule has 0 N–H and O–H groups in total. The van der Waals surface area contributed by atoms with Gasteiger partial charge < -0.3 is 0 Å². The van der Waals surface area contributed by atoms with Crippen LogP contribution >= 0.6 is 0 Å². The fourth-order valence-corrected chi connectivity index (χ4v) is 5.74. The Kier molecular flexibility index (Phi) is 9.35. The highest BCUT2D eigenvalue weighted by molar-refractivity contribution is 5.64. The van der Waals surface area contributed by atoms with Gasteiger partial charge in [-0.2, -0.15) is 0 Å². The molecule has 0 bridgehead atoms. The minimum atomic E-state index is -0.0927. The van der Waals surface area contributed by atoms with E-state index in [9.17, 15) is 4.39 Å². The molecule has 1 aliphatic carbocycles. The first kappa shape index (κ1) is 25.4. The third-order valence-corrected chi connectivity index (χ3v) is 8.02. The summed E-state index contributed by atoms with van der Waals surface area (Å²) in [7, 11) is 0. The van der Waals surface area contributed by atoms with E-state index in [0.717, 1.165) is 47.8 Å². The zero-order valence-corrected chi connectivity index (χ0v) is 21.6. The highest BCUT2D eigenvalue weighted by atomic mass is 19.1. The van der Waals surface area contributed by atoms with E-state index in [1.165, 1.54) is 49.7 Å². The number of aryl methyl sites for hydroxylation is 2. The second kappa shape index (κ2) is 12.9. The monoisotopic (exact) mass is 468 g/mol. The second-order valence-corrected chi connectivity index (χ2v) is 10.6. The van der Waals surface area contributed by atoms with Gasteiger partial charge in [-0.1, -0.05) is 111 Å². The molecule has 0 radical (unpaired) electrons. The van der Waals surface area contributed by atoms with Crippen LogP contribution in [0.15, 0.2) is 84.9 Å². The lowest BCUT2D eigenvalue weighted by molar-refractivity contribution is 0.245. The number of allylic oxidation sites excluding steroid dienone is 2. The van der Waals surface area contributed by atoms with Crippen LogP contribution in [0.2, 0.25) is 0 Å². The maximum atomic E-state index is 14.5. The number of benzene rings is 3. The Hall–Kier alpha value is -2.67. The van der Waals surface area contributed by atoms with Crippen molar-refractivity contribution < 1.29 is 4.39 Å². The van der Waals surface area contributed by atoms with Crippen LogP contribution in [0, 0.1) is 17.7 Å². The van der Waals surface area contributed by atoms with Crippen LogP contribution in [-0.2, 0) is 12.8 Å². The van der Waals surface area contributed by atoms with Crippen molar-refractivity contribution in [2.75, 3.05) is 0 Å². The molecular formula is C34H41F. The van der Waals surface area contributed by atoms with E-state index in [4.69, 9.17) is 0 Å². The van der Waals surface area contributed by atoms with Gasteiger partial charge in [0.1, 0.15) is 5.82 Å². The number of halogens is 1. The maximum Gasteiger partial charge on any atom is 0.127 e. The number of hydrogen-bond acceptors (Lipinski definition) is 0. The van der Waals surface area contributed by atoms with Gasteiger partial charge in [0.15, 0.2) is 0 Å². The summed E-state index contributed by atoms with van der Waals surface area (Å²) in [5.41, 5.74) is 5.75. The Morgan fingerprint density at radius 3 is 2.20 bits per heavy atom. The molecule has 0 saturated heterocycles. The van der Waals surface area contributed by atoms with Crippen molar-refractivity contribution in [3.63, 3.8) is 0 Å². The summed E-state index contributed by atoms with van der Waals surface area (Å²) in [6.45, 7) is 4.39. The lowest BCUT2D eigenvalue weighted by Crippen LogP contribution is -2.16. The Labute approximate surface area is 212 Å².